The summed E-state index contributed by atoms with van der Waals surface area (Å²) in [4.78, 5) is 0. The summed E-state index contributed by atoms with van der Waals surface area (Å²) in [6.45, 7) is 4.27. The second-order valence-electron chi connectivity index (χ2n) is 5.78. The van der Waals surface area contributed by atoms with E-state index in [0.717, 1.165) is 22.8 Å². The van der Waals surface area contributed by atoms with Crippen LogP contribution < -0.4 is 5.73 Å². The zero-order chi connectivity index (χ0) is 14.7. The number of hydrogen-bond acceptors (Lipinski definition) is 3. The molecule has 4 N–H and O–H groups in total. The highest BCUT2D eigenvalue weighted by atomic mass is 35.5. The molecule has 2 aromatic rings. The molecule has 0 radical (unpaired) electrons. The van der Waals surface area contributed by atoms with Crippen LogP contribution in [0.15, 0.2) is 36.4 Å². The van der Waals surface area contributed by atoms with Crippen LogP contribution >= 0.6 is 12.4 Å². The SMILES string of the molecule is CC(C)CC[C@@H](O)[C@@H](N)c1ccc(O)c2ccccc12.Cl. The van der Waals surface area contributed by atoms with Gasteiger partial charge in [0, 0.05) is 5.39 Å². The average molecular weight is 310 g/mol. The van der Waals surface area contributed by atoms with Crippen LogP contribution in [-0.2, 0) is 0 Å². The summed E-state index contributed by atoms with van der Waals surface area (Å²) >= 11 is 0. The van der Waals surface area contributed by atoms with Gasteiger partial charge < -0.3 is 15.9 Å². The fraction of sp³-hybridized carbons (Fsp3) is 0.412. The highest BCUT2D eigenvalue weighted by molar-refractivity contribution is 5.91. The molecule has 0 fully saturated rings. The van der Waals surface area contributed by atoms with Crippen LogP contribution in [0.25, 0.3) is 10.8 Å². The van der Waals surface area contributed by atoms with Gasteiger partial charge in [0.2, 0.25) is 0 Å². The van der Waals surface area contributed by atoms with Crippen LogP contribution in [0, 0.1) is 5.92 Å². The fourth-order valence-electron chi connectivity index (χ4n) is 2.49. The van der Waals surface area contributed by atoms with E-state index in [9.17, 15) is 10.2 Å². The van der Waals surface area contributed by atoms with Gasteiger partial charge in [0.05, 0.1) is 12.1 Å². The second-order valence-corrected chi connectivity index (χ2v) is 5.78. The number of hydrogen-bond donors (Lipinski definition) is 3. The third-order valence-electron chi connectivity index (χ3n) is 3.75. The molecule has 4 heteroatoms. The Hall–Kier alpha value is -1.29. The van der Waals surface area contributed by atoms with Crippen molar-refractivity contribution in [1.29, 1.82) is 0 Å². The molecule has 0 heterocycles. The van der Waals surface area contributed by atoms with Crippen LogP contribution in [0.1, 0.15) is 38.3 Å². The molecule has 0 spiro atoms. The molecular formula is C17H24ClNO2. The number of aliphatic hydroxyl groups is 1. The first kappa shape index (κ1) is 17.8. The normalized spacial score (nSPS) is 14.0. The molecule has 3 nitrogen and oxygen atoms in total. The number of aromatic hydroxyl groups is 1. The van der Waals surface area contributed by atoms with E-state index in [-0.39, 0.29) is 18.2 Å². The quantitative estimate of drug-likeness (QED) is 0.787. The third kappa shape index (κ3) is 4.10. The molecule has 0 aliphatic carbocycles. The van der Waals surface area contributed by atoms with E-state index < -0.39 is 12.1 Å². The minimum absolute atomic E-state index is 0. The Bertz CT molecular complexity index is 586. The Balaban J connectivity index is 0.00000220. The average Bonchev–Trinajstić information content (AvgIpc) is 2.44. The number of nitrogens with two attached hydrogens (primary N) is 1. The molecular weight excluding hydrogens is 286 g/mol. The Morgan fingerprint density at radius 3 is 2.24 bits per heavy atom. The lowest BCUT2D eigenvalue weighted by atomic mass is 9.92. The monoisotopic (exact) mass is 309 g/mol. The van der Waals surface area contributed by atoms with E-state index in [2.05, 4.69) is 13.8 Å². The van der Waals surface area contributed by atoms with E-state index in [4.69, 9.17) is 5.73 Å². The van der Waals surface area contributed by atoms with Crippen molar-refractivity contribution in [3.8, 4) is 5.75 Å². The lowest BCUT2D eigenvalue weighted by Gasteiger charge is -2.21. The standard InChI is InChI=1S/C17H23NO2.ClH/c1-11(2)7-9-16(20)17(18)14-8-10-15(19)13-6-4-3-5-12(13)14;/h3-6,8,10-11,16-17,19-20H,7,9,18H2,1-2H3;1H/t16-,17+;/m1./s1. The number of phenolic OH excluding ortho intramolecular Hbond substituents is 1. The number of halogens is 1. The molecule has 0 unspecified atom stereocenters. The minimum atomic E-state index is -0.564. The Morgan fingerprint density at radius 1 is 1.00 bits per heavy atom. The van der Waals surface area contributed by atoms with Gasteiger partial charge in [-0.1, -0.05) is 44.2 Å². The molecule has 2 rings (SSSR count). The van der Waals surface area contributed by atoms with Crippen LogP contribution in [0.3, 0.4) is 0 Å². The van der Waals surface area contributed by atoms with E-state index in [1.54, 1.807) is 12.1 Å². The first-order valence-corrected chi connectivity index (χ1v) is 7.15. The number of aliphatic hydroxyl groups excluding tert-OH is 1. The zero-order valence-electron chi connectivity index (χ0n) is 12.5. The van der Waals surface area contributed by atoms with Gasteiger partial charge in [0.15, 0.2) is 0 Å². The summed E-state index contributed by atoms with van der Waals surface area (Å²) in [5, 5.41) is 21.8. The van der Waals surface area contributed by atoms with Crippen molar-refractivity contribution in [1.82, 2.24) is 0 Å². The van der Waals surface area contributed by atoms with Crippen molar-refractivity contribution >= 4 is 23.2 Å². The van der Waals surface area contributed by atoms with Crippen LogP contribution in [0.5, 0.6) is 5.75 Å². The van der Waals surface area contributed by atoms with E-state index in [1.807, 2.05) is 24.3 Å². The van der Waals surface area contributed by atoms with Crippen molar-refractivity contribution in [2.75, 3.05) is 0 Å². The predicted molar refractivity (Wildman–Crippen MR) is 89.9 cm³/mol. The molecule has 0 saturated heterocycles. The molecule has 0 saturated carbocycles. The molecule has 2 aromatic carbocycles. The molecule has 0 amide bonds. The van der Waals surface area contributed by atoms with Gasteiger partial charge in [-0.05, 0) is 35.8 Å². The Morgan fingerprint density at radius 2 is 1.62 bits per heavy atom. The van der Waals surface area contributed by atoms with Crippen LogP contribution in [0.4, 0.5) is 0 Å². The molecule has 116 valence electrons. The molecule has 0 aliphatic rings. The van der Waals surface area contributed by atoms with Gasteiger partial charge in [0.25, 0.3) is 0 Å². The third-order valence-corrected chi connectivity index (χ3v) is 3.75. The van der Waals surface area contributed by atoms with Crippen molar-refractivity contribution in [3.63, 3.8) is 0 Å². The predicted octanol–water partition coefficient (Wildman–Crippen LogP) is 3.76. The lowest BCUT2D eigenvalue weighted by Crippen LogP contribution is -2.26. The summed E-state index contributed by atoms with van der Waals surface area (Å²) in [5.41, 5.74) is 7.09. The molecule has 0 aromatic heterocycles. The minimum Gasteiger partial charge on any atom is -0.507 e. The smallest absolute Gasteiger partial charge is 0.123 e. The first-order chi connectivity index (χ1) is 9.50. The van der Waals surface area contributed by atoms with Crippen LogP contribution in [-0.4, -0.2) is 16.3 Å². The summed E-state index contributed by atoms with van der Waals surface area (Å²) in [7, 11) is 0. The fourth-order valence-corrected chi connectivity index (χ4v) is 2.49. The van der Waals surface area contributed by atoms with Crippen molar-refractivity contribution < 1.29 is 10.2 Å². The van der Waals surface area contributed by atoms with Gasteiger partial charge in [-0.3, -0.25) is 0 Å². The van der Waals surface area contributed by atoms with Crippen molar-refractivity contribution in [2.24, 2.45) is 11.7 Å². The van der Waals surface area contributed by atoms with Gasteiger partial charge in [-0.2, -0.15) is 0 Å². The molecule has 2 atom stereocenters. The summed E-state index contributed by atoms with van der Waals surface area (Å²) in [6.07, 6.45) is 1.07. The number of phenols is 1. The van der Waals surface area contributed by atoms with E-state index in [0.29, 0.717) is 12.3 Å². The van der Waals surface area contributed by atoms with E-state index >= 15 is 0 Å². The summed E-state index contributed by atoms with van der Waals surface area (Å²) in [6, 6.07) is 10.6. The van der Waals surface area contributed by atoms with Gasteiger partial charge in [-0.25, -0.2) is 0 Å². The van der Waals surface area contributed by atoms with Gasteiger partial charge in [0.1, 0.15) is 5.75 Å². The topological polar surface area (TPSA) is 66.5 Å². The lowest BCUT2D eigenvalue weighted by molar-refractivity contribution is 0.129. The number of benzene rings is 2. The maximum Gasteiger partial charge on any atom is 0.123 e. The van der Waals surface area contributed by atoms with Crippen LogP contribution in [0.2, 0.25) is 0 Å². The Kier molecular flexibility index (Phi) is 6.46. The van der Waals surface area contributed by atoms with Crippen molar-refractivity contribution in [2.45, 2.75) is 38.8 Å². The maximum atomic E-state index is 10.3. The van der Waals surface area contributed by atoms with Crippen molar-refractivity contribution in [3.05, 3.63) is 42.0 Å². The number of rotatable bonds is 5. The zero-order valence-corrected chi connectivity index (χ0v) is 13.3. The van der Waals surface area contributed by atoms with E-state index in [1.165, 1.54) is 0 Å². The highest BCUT2D eigenvalue weighted by Gasteiger charge is 2.19. The van der Waals surface area contributed by atoms with Gasteiger partial charge in [-0.15, -0.1) is 12.4 Å². The summed E-state index contributed by atoms with van der Waals surface area (Å²) < 4.78 is 0. The van der Waals surface area contributed by atoms with Gasteiger partial charge >= 0.3 is 0 Å². The number of fused-ring (bicyclic) bond motifs is 1. The second kappa shape index (κ2) is 7.64. The Labute approximate surface area is 132 Å². The highest BCUT2D eigenvalue weighted by Crippen LogP contribution is 2.32. The maximum absolute atomic E-state index is 10.3. The summed E-state index contributed by atoms with van der Waals surface area (Å²) in [5.74, 6) is 0.793. The molecule has 0 aliphatic heterocycles. The first-order valence-electron chi connectivity index (χ1n) is 7.15. The molecule has 21 heavy (non-hydrogen) atoms. The largest absolute Gasteiger partial charge is 0.507 e. The molecule has 0 bridgehead atoms.